The van der Waals surface area contributed by atoms with Gasteiger partial charge in [-0.3, -0.25) is 14.5 Å². The molecular weight excluding hydrogens is 344 g/mol. The third kappa shape index (κ3) is 5.96. The monoisotopic (exact) mass is 376 g/mol. The van der Waals surface area contributed by atoms with Crippen LogP contribution in [0.2, 0.25) is 0 Å². The summed E-state index contributed by atoms with van der Waals surface area (Å²) in [6.07, 6.45) is 0.977. The lowest BCUT2D eigenvalue weighted by molar-refractivity contribution is -0.140. The Morgan fingerprint density at radius 3 is 2.33 bits per heavy atom. The third-order valence-electron chi connectivity index (χ3n) is 5.12. The van der Waals surface area contributed by atoms with Crippen molar-refractivity contribution >= 4 is 11.9 Å². The number of carbonyl (C=O) groups is 2. The van der Waals surface area contributed by atoms with Gasteiger partial charge in [0.2, 0.25) is 0 Å². The van der Waals surface area contributed by atoms with Gasteiger partial charge in [0.15, 0.2) is 6.10 Å². The van der Waals surface area contributed by atoms with Crippen molar-refractivity contribution in [2.75, 3.05) is 13.1 Å². The molecule has 27 heavy (non-hydrogen) atoms. The first-order chi connectivity index (χ1) is 12.6. The van der Waals surface area contributed by atoms with Crippen LogP contribution in [0.15, 0.2) is 24.3 Å². The van der Waals surface area contributed by atoms with Crippen LogP contribution in [-0.4, -0.2) is 53.2 Å². The van der Waals surface area contributed by atoms with Gasteiger partial charge in [-0.05, 0) is 49.4 Å². The van der Waals surface area contributed by atoms with Gasteiger partial charge in [0.25, 0.3) is 5.91 Å². The minimum Gasteiger partial charge on any atom is -0.481 e. The lowest BCUT2D eigenvalue weighted by Crippen LogP contribution is -2.56. The minimum absolute atomic E-state index is 0.0475. The Hall–Kier alpha value is -2.08. The van der Waals surface area contributed by atoms with Crippen molar-refractivity contribution in [3.05, 3.63) is 29.8 Å². The lowest BCUT2D eigenvalue weighted by Gasteiger charge is -2.42. The van der Waals surface area contributed by atoms with Gasteiger partial charge in [0, 0.05) is 12.1 Å². The summed E-state index contributed by atoms with van der Waals surface area (Å²) in [7, 11) is 0. The van der Waals surface area contributed by atoms with Crippen molar-refractivity contribution < 1.29 is 19.4 Å². The molecule has 0 bridgehead atoms. The maximum Gasteiger partial charge on any atom is 0.317 e. The van der Waals surface area contributed by atoms with E-state index in [2.05, 4.69) is 26.1 Å². The van der Waals surface area contributed by atoms with Crippen LogP contribution in [0.25, 0.3) is 0 Å². The minimum atomic E-state index is -0.816. The van der Waals surface area contributed by atoms with E-state index in [-0.39, 0.29) is 30.0 Å². The smallest absolute Gasteiger partial charge is 0.317 e. The molecule has 1 saturated carbocycles. The van der Waals surface area contributed by atoms with Crippen LogP contribution in [0.1, 0.15) is 53.0 Å². The van der Waals surface area contributed by atoms with E-state index in [0.717, 1.165) is 12.8 Å². The van der Waals surface area contributed by atoms with E-state index in [9.17, 15) is 9.59 Å². The molecule has 1 amide bonds. The van der Waals surface area contributed by atoms with Crippen molar-refractivity contribution in [1.82, 2.24) is 10.2 Å². The van der Waals surface area contributed by atoms with Gasteiger partial charge in [0.1, 0.15) is 5.75 Å². The van der Waals surface area contributed by atoms with Gasteiger partial charge >= 0.3 is 5.97 Å². The van der Waals surface area contributed by atoms with Gasteiger partial charge in [-0.2, -0.15) is 0 Å². The van der Waals surface area contributed by atoms with Gasteiger partial charge in [0.05, 0.1) is 6.54 Å². The summed E-state index contributed by atoms with van der Waals surface area (Å²) in [4.78, 5) is 25.2. The molecule has 0 heterocycles. The number of rotatable bonds is 8. The molecular formula is C21H32N2O4. The number of hydrogen-bond donors (Lipinski definition) is 2. The number of ether oxygens (including phenoxy) is 1. The van der Waals surface area contributed by atoms with Gasteiger partial charge < -0.3 is 15.2 Å². The highest BCUT2D eigenvalue weighted by Gasteiger charge is 2.35. The SMILES string of the molecule is CCN(CC(=O)O)C1CC(NC(=O)C(C)Oc2ccc(C(C)(C)C)cc2)C1. The molecule has 1 aromatic rings. The number of aliphatic carboxylic acids is 1. The highest BCUT2D eigenvalue weighted by molar-refractivity contribution is 5.81. The molecule has 1 aliphatic carbocycles. The molecule has 0 radical (unpaired) electrons. The van der Waals surface area contributed by atoms with Gasteiger partial charge in [-0.1, -0.05) is 39.8 Å². The highest BCUT2D eigenvalue weighted by atomic mass is 16.5. The maximum atomic E-state index is 12.4. The molecule has 0 spiro atoms. The second kappa shape index (κ2) is 8.74. The Morgan fingerprint density at radius 1 is 1.26 bits per heavy atom. The predicted octanol–water partition coefficient (Wildman–Crippen LogP) is 2.81. The number of nitrogens with one attached hydrogen (secondary N) is 1. The summed E-state index contributed by atoms with van der Waals surface area (Å²) in [5, 5.41) is 11.9. The number of benzene rings is 1. The topological polar surface area (TPSA) is 78.9 Å². The average molecular weight is 376 g/mol. The third-order valence-corrected chi connectivity index (χ3v) is 5.12. The first kappa shape index (κ1) is 21.2. The van der Waals surface area contributed by atoms with Gasteiger partial charge in [-0.15, -0.1) is 0 Å². The maximum absolute atomic E-state index is 12.4. The fourth-order valence-electron chi connectivity index (χ4n) is 3.29. The van der Waals surface area contributed by atoms with E-state index in [0.29, 0.717) is 12.3 Å². The van der Waals surface area contributed by atoms with E-state index >= 15 is 0 Å². The van der Waals surface area contributed by atoms with Gasteiger partial charge in [-0.25, -0.2) is 0 Å². The summed E-state index contributed by atoms with van der Waals surface area (Å²) < 4.78 is 5.76. The van der Waals surface area contributed by atoms with Crippen molar-refractivity contribution in [2.45, 2.75) is 71.1 Å². The highest BCUT2D eigenvalue weighted by Crippen LogP contribution is 2.26. The number of likely N-dealkylation sites (N-methyl/N-ethyl adjacent to an activating group) is 1. The largest absolute Gasteiger partial charge is 0.481 e. The predicted molar refractivity (Wildman–Crippen MR) is 105 cm³/mol. The zero-order chi connectivity index (χ0) is 20.2. The Labute approximate surface area is 161 Å². The van der Waals surface area contributed by atoms with Crippen LogP contribution in [0, 0.1) is 0 Å². The molecule has 0 saturated heterocycles. The number of carboxylic acids is 1. The quantitative estimate of drug-likeness (QED) is 0.729. The van der Waals surface area contributed by atoms with Crippen molar-refractivity contribution in [2.24, 2.45) is 0 Å². The average Bonchev–Trinajstić information content (AvgIpc) is 2.55. The van der Waals surface area contributed by atoms with Crippen LogP contribution in [-0.2, 0) is 15.0 Å². The Balaban J connectivity index is 1.79. The summed E-state index contributed by atoms with van der Waals surface area (Å²) >= 11 is 0. The van der Waals surface area contributed by atoms with Crippen molar-refractivity contribution in [3.8, 4) is 5.75 Å². The molecule has 0 aromatic heterocycles. The van der Waals surface area contributed by atoms with Crippen molar-refractivity contribution in [3.63, 3.8) is 0 Å². The number of carbonyl (C=O) groups excluding carboxylic acids is 1. The zero-order valence-electron chi connectivity index (χ0n) is 17.0. The molecule has 2 rings (SSSR count). The Bertz CT molecular complexity index is 645. The van der Waals surface area contributed by atoms with E-state index < -0.39 is 12.1 Å². The fraction of sp³-hybridized carbons (Fsp3) is 0.619. The molecule has 1 atom stereocenters. The summed E-state index contributed by atoms with van der Waals surface area (Å²) in [5.41, 5.74) is 1.30. The van der Waals surface area contributed by atoms with E-state index in [1.54, 1.807) is 6.92 Å². The number of hydrogen-bond acceptors (Lipinski definition) is 4. The number of carboxylic acid groups (broad SMARTS) is 1. The molecule has 1 unspecified atom stereocenters. The Kier molecular flexibility index (Phi) is 6.87. The Morgan fingerprint density at radius 2 is 1.85 bits per heavy atom. The molecule has 0 aliphatic heterocycles. The molecule has 1 aromatic carbocycles. The number of amides is 1. The summed E-state index contributed by atoms with van der Waals surface area (Å²) in [6.45, 7) is 10.9. The van der Waals surface area contributed by atoms with Crippen molar-refractivity contribution in [1.29, 1.82) is 0 Å². The molecule has 150 valence electrons. The number of nitrogens with zero attached hydrogens (tertiary/aromatic N) is 1. The van der Waals surface area contributed by atoms with Crippen LogP contribution in [0.5, 0.6) is 5.75 Å². The van der Waals surface area contributed by atoms with E-state index in [4.69, 9.17) is 9.84 Å². The van der Waals surface area contributed by atoms with Crippen LogP contribution < -0.4 is 10.1 Å². The molecule has 1 aliphatic rings. The zero-order valence-corrected chi connectivity index (χ0v) is 17.0. The normalized spacial score (nSPS) is 20.7. The molecule has 6 heteroatoms. The van der Waals surface area contributed by atoms with Crippen LogP contribution >= 0.6 is 0 Å². The lowest BCUT2D eigenvalue weighted by atomic mass is 9.85. The molecule has 1 fully saturated rings. The summed E-state index contributed by atoms with van der Waals surface area (Å²) in [6, 6.07) is 8.15. The van der Waals surface area contributed by atoms with Crippen LogP contribution in [0.4, 0.5) is 0 Å². The van der Waals surface area contributed by atoms with Crippen LogP contribution in [0.3, 0.4) is 0 Å². The second-order valence-electron chi connectivity index (χ2n) is 8.32. The molecule has 2 N–H and O–H groups in total. The van der Waals surface area contributed by atoms with E-state index in [1.165, 1.54) is 5.56 Å². The first-order valence-corrected chi connectivity index (χ1v) is 9.63. The van der Waals surface area contributed by atoms with E-state index in [1.807, 2.05) is 36.1 Å². The standard InChI is InChI=1S/C21H32N2O4/c1-6-23(13-19(24)25)17-11-16(12-17)22-20(26)14(2)27-18-9-7-15(8-10-18)21(3,4)5/h7-10,14,16-17H,6,11-13H2,1-5H3,(H,22,26)(H,24,25). The first-order valence-electron chi connectivity index (χ1n) is 9.63. The fourth-order valence-corrected chi connectivity index (χ4v) is 3.29. The summed E-state index contributed by atoms with van der Waals surface area (Å²) in [5.74, 6) is -0.278. The second-order valence-corrected chi connectivity index (χ2v) is 8.32. The molecule has 6 nitrogen and oxygen atoms in total.